The monoisotopic (exact) mass is 156 g/mol. The number of nitrogens with one attached hydrogen (secondary N) is 2. The molecule has 0 atom stereocenters. The molecule has 0 spiro atoms. The molecule has 1 heterocycles. The van der Waals surface area contributed by atoms with Crippen LogP contribution in [0.4, 0.5) is 11.9 Å². The number of carbonyl (C=O) groups is 1. The molecule has 0 aliphatic rings. The molecule has 7 heteroatoms. The van der Waals surface area contributed by atoms with E-state index in [9.17, 15) is 4.79 Å². The normalized spacial score (nSPS) is 9.45. The first-order valence-electron chi connectivity index (χ1n) is 2.88. The van der Waals surface area contributed by atoms with Crippen LogP contribution in [0, 0.1) is 0 Å². The molecule has 11 heavy (non-hydrogen) atoms. The lowest BCUT2D eigenvalue weighted by atomic mass is 10.6. The predicted octanol–water partition coefficient (Wildman–Crippen LogP) is -1.72. The van der Waals surface area contributed by atoms with Crippen LogP contribution in [-0.4, -0.2) is 27.6 Å². The van der Waals surface area contributed by atoms with Crippen LogP contribution in [0.15, 0.2) is 0 Å². The van der Waals surface area contributed by atoms with E-state index in [4.69, 9.17) is 11.5 Å². The molecule has 0 unspecified atom stereocenters. The molecule has 0 aromatic carbocycles. The highest BCUT2D eigenvalue weighted by atomic mass is 16.1. The van der Waals surface area contributed by atoms with Gasteiger partial charge in [0.2, 0.25) is 17.8 Å². The molecule has 0 radical (unpaired) electrons. The second-order valence-corrected chi connectivity index (χ2v) is 1.86. The Morgan fingerprint density at radius 3 is 2.91 bits per heavy atom. The molecule has 1 rings (SSSR count). The standard InChI is InChI=1S/C4H8N6O/c5-2(11)1-7-4-8-3(6)9-10-4/h1H2,(H2,5,11)(H4,6,7,8,9,10). The van der Waals surface area contributed by atoms with Crippen LogP contribution >= 0.6 is 0 Å². The number of nitrogens with zero attached hydrogens (tertiary/aromatic N) is 2. The van der Waals surface area contributed by atoms with Crippen molar-refractivity contribution in [3.8, 4) is 0 Å². The summed E-state index contributed by atoms with van der Waals surface area (Å²) in [5.41, 5.74) is 10.0. The van der Waals surface area contributed by atoms with E-state index in [1.54, 1.807) is 0 Å². The van der Waals surface area contributed by atoms with E-state index in [0.29, 0.717) is 0 Å². The number of primary amides is 1. The van der Waals surface area contributed by atoms with Gasteiger partial charge in [0.05, 0.1) is 6.54 Å². The molecule has 7 nitrogen and oxygen atoms in total. The molecule has 0 aliphatic carbocycles. The molecule has 6 N–H and O–H groups in total. The van der Waals surface area contributed by atoms with Crippen LogP contribution in [-0.2, 0) is 4.79 Å². The summed E-state index contributed by atoms with van der Waals surface area (Å²) in [6, 6.07) is 0. The van der Waals surface area contributed by atoms with Gasteiger partial charge in [-0.3, -0.25) is 4.79 Å². The van der Waals surface area contributed by atoms with Crippen molar-refractivity contribution in [2.75, 3.05) is 17.6 Å². The third-order valence-corrected chi connectivity index (χ3v) is 0.923. The second-order valence-electron chi connectivity index (χ2n) is 1.86. The van der Waals surface area contributed by atoms with Gasteiger partial charge in [-0.05, 0) is 0 Å². The van der Waals surface area contributed by atoms with Gasteiger partial charge in [-0.15, -0.1) is 5.10 Å². The molecule has 0 saturated carbocycles. The summed E-state index contributed by atoms with van der Waals surface area (Å²) in [6.45, 7) is -0.00269. The fraction of sp³-hybridized carbons (Fsp3) is 0.250. The zero-order valence-electron chi connectivity index (χ0n) is 5.66. The number of anilines is 2. The first-order valence-corrected chi connectivity index (χ1v) is 2.88. The Balaban J connectivity index is 2.45. The summed E-state index contributed by atoms with van der Waals surface area (Å²) >= 11 is 0. The number of amides is 1. The van der Waals surface area contributed by atoms with Gasteiger partial charge in [0, 0.05) is 0 Å². The highest BCUT2D eigenvalue weighted by Crippen LogP contribution is 1.96. The Morgan fingerprint density at radius 1 is 1.73 bits per heavy atom. The van der Waals surface area contributed by atoms with Crippen molar-refractivity contribution < 1.29 is 4.79 Å². The highest BCUT2D eigenvalue weighted by molar-refractivity contribution is 5.78. The smallest absolute Gasteiger partial charge is 0.244 e. The van der Waals surface area contributed by atoms with Crippen LogP contribution in [0.25, 0.3) is 0 Å². The maximum atomic E-state index is 10.2. The Bertz CT molecular complexity index is 255. The first-order chi connectivity index (χ1) is 5.18. The number of rotatable bonds is 3. The van der Waals surface area contributed by atoms with E-state index >= 15 is 0 Å². The zero-order valence-corrected chi connectivity index (χ0v) is 5.66. The van der Waals surface area contributed by atoms with Crippen molar-refractivity contribution in [3.63, 3.8) is 0 Å². The topological polar surface area (TPSA) is 123 Å². The number of H-pyrrole nitrogens is 1. The van der Waals surface area contributed by atoms with Gasteiger partial charge < -0.3 is 16.8 Å². The Kier molecular flexibility index (Phi) is 1.90. The molecule has 1 amide bonds. The van der Waals surface area contributed by atoms with E-state index in [0.717, 1.165) is 0 Å². The van der Waals surface area contributed by atoms with Crippen LogP contribution in [0.2, 0.25) is 0 Å². The van der Waals surface area contributed by atoms with Crippen molar-refractivity contribution in [2.45, 2.75) is 0 Å². The number of aromatic amines is 1. The van der Waals surface area contributed by atoms with Crippen LogP contribution in [0.3, 0.4) is 0 Å². The molecule has 0 bridgehead atoms. The average Bonchev–Trinajstić information content (AvgIpc) is 2.31. The van der Waals surface area contributed by atoms with Gasteiger partial charge in [-0.1, -0.05) is 0 Å². The molecule has 1 aromatic rings. The number of aromatic nitrogens is 3. The molecule has 0 aliphatic heterocycles. The SMILES string of the molecule is NC(=O)CNc1n[nH]c(N)n1. The maximum Gasteiger partial charge on any atom is 0.244 e. The van der Waals surface area contributed by atoms with E-state index in [1.165, 1.54) is 0 Å². The third kappa shape index (κ3) is 2.12. The van der Waals surface area contributed by atoms with Crippen molar-refractivity contribution >= 4 is 17.8 Å². The van der Waals surface area contributed by atoms with Gasteiger partial charge in [0.25, 0.3) is 0 Å². The molecule has 1 aromatic heterocycles. The van der Waals surface area contributed by atoms with E-state index in [1.807, 2.05) is 0 Å². The summed E-state index contributed by atoms with van der Waals surface area (Å²) in [5.74, 6) is -0.0216. The van der Waals surface area contributed by atoms with E-state index < -0.39 is 5.91 Å². The fourth-order valence-electron chi connectivity index (χ4n) is 0.520. The summed E-state index contributed by atoms with van der Waals surface area (Å²) in [7, 11) is 0. The number of carbonyl (C=O) groups excluding carboxylic acids is 1. The van der Waals surface area contributed by atoms with Gasteiger partial charge >= 0.3 is 0 Å². The Hall–Kier alpha value is -1.79. The average molecular weight is 156 g/mol. The largest absolute Gasteiger partial charge is 0.368 e. The molecule has 0 saturated heterocycles. The van der Waals surface area contributed by atoms with E-state index in [2.05, 4.69) is 20.5 Å². The number of hydrogen-bond donors (Lipinski definition) is 4. The van der Waals surface area contributed by atoms with Gasteiger partial charge in [-0.25, -0.2) is 5.10 Å². The van der Waals surface area contributed by atoms with Crippen molar-refractivity contribution in [1.29, 1.82) is 0 Å². The first kappa shape index (κ1) is 7.32. The fourth-order valence-corrected chi connectivity index (χ4v) is 0.520. The Morgan fingerprint density at radius 2 is 2.45 bits per heavy atom. The van der Waals surface area contributed by atoms with Crippen LogP contribution in [0.5, 0.6) is 0 Å². The van der Waals surface area contributed by atoms with Gasteiger partial charge in [0.1, 0.15) is 0 Å². The summed E-state index contributed by atoms with van der Waals surface area (Å²) in [5, 5.41) is 8.56. The lowest BCUT2D eigenvalue weighted by Crippen LogP contribution is -2.22. The molecular weight excluding hydrogens is 148 g/mol. The minimum absolute atomic E-state index is 0.00269. The van der Waals surface area contributed by atoms with Gasteiger partial charge in [0.15, 0.2) is 0 Å². The highest BCUT2D eigenvalue weighted by Gasteiger charge is 1.99. The maximum absolute atomic E-state index is 10.2. The van der Waals surface area contributed by atoms with Crippen LogP contribution in [0.1, 0.15) is 0 Å². The second kappa shape index (κ2) is 2.86. The molecular formula is C4H8N6O. The minimum Gasteiger partial charge on any atom is -0.368 e. The van der Waals surface area contributed by atoms with E-state index in [-0.39, 0.29) is 18.4 Å². The number of nitrogens with two attached hydrogens (primary N) is 2. The Labute approximate surface area is 62.2 Å². The number of hydrogen-bond acceptors (Lipinski definition) is 5. The minimum atomic E-state index is -0.478. The van der Waals surface area contributed by atoms with Crippen molar-refractivity contribution in [3.05, 3.63) is 0 Å². The summed E-state index contributed by atoms with van der Waals surface area (Å²) in [6.07, 6.45) is 0. The lowest BCUT2D eigenvalue weighted by molar-refractivity contribution is -0.116. The third-order valence-electron chi connectivity index (χ3n) is 0.923. The van der Waals surface area contributed by atoms with Crippen molar-refractivity contribution in [1.82, 2.24) is 15.2 Å². The summed E-state index contributed by atoms with van der Waals surface area (Å²) in [4.78, 5) is 13.9. The van der Waals surface area contributed by atoms with Crippen molar-refractivity contribution in [2.24, 2.45) is 5.73 Å². The zero-order chi connectivity index (χ0) is 8.27. The quantitative estimate of drug-likeness (QED) is 0.414. The van der Waals surface area contributed by atoms with Crippen LogP contribution < -0.4 is 16.8 Å². The predicted molar refractivity (Wildman–Crippen MR) is 38.5 cm³/mol. The molecule has 0 fully saturated rings. The van der Waals surface area contributed by atoms with Gasteiger partial charge in [-0.2, -0.15) is 4.98 Å². The lowest BCUT2D eigenvalue weighted by Gasteiger charge is -1.94. The number of nitrogen functional groups attached to an aromatic ring is 1. The summed E-state index contributed by atoms with van der Waals surface area (Å²) < 4.78 is 0. The molecule has 60 valence electrons.